The molecular formula is C16H25BrN2O. The van der Waals surface area contributed by atoms with Crippen molar-refractivity contribution >= 4 is 21.6 Å². The Labute approximate surface area is 130 Å². The molecule has 1 aliphatic heterocycles. The summed E-state index contributed by atoms with van der Waals surface area (Å²) < 4.78 is 6.33. The number of rotatable bonds is 4. The molecule has 4 heteroatoms. The van der Waals surface area contributed by atoms with E-state index in [1.165, 1.54) is 12.1 Å². The Hall–Kier alpha value is -0.740. The van der Waals surface area contributed by atoms with Crippen molar-refractivity contribution in [1.29, 1.82) is 0 Å². The summed E-state index contributed by atoms with van der Waals surface area (Å²) in [5, 5.41) is 3.61. The smallest absolute Gasteiger partial charge is 0.133 e. The second kappa shape index (κ2) is 6.81. The van der Waals surface area contributed by atoms with Gasteiger partial charge in [-0.1, -0.05) is 13.8 Å². The molecule has 2 rings (SSSR count). The van der Waals surface area contributed by atoms with E-state index in [9.17, 15) is 0 Å². The number of piperidine rings is 1. The fourth-order valence-corrected chi connectivity index (χ4v) is 3.64. The average Bonchev–Trinajstić information content (AvgIpc) is 2.44. The monoisotopic (exact) mass is 340 g/mol. The molecule has 1 aromatic carbocycles. The number of methoxy groups -OCH3 is 1. The number of halogens is 1. The Morgan fingerprint density at radius 1 is 1.40 bits per heavy atom. The van der Waals surface area contributed by atoms with Crippen molar-refractivity contribution in [3.05, 3.63) is 22.7 Å². The topological polar surface area (TPSA) is 24.5 Å². The Balaban J connectivity index is 2.15. The molecule has 0 spiro atoms. The first-order valence-corrected chi connectivity index (χ1v) is 8.21. The lowest BCUT2D eigenvalue weighted by Gasteiger charge is -2.44. The van der Waals surface area contributed by atoms with Gasteiger partial charge >= 0.3 is 0 Å². The van der Waals surface area contributed by atoms with Crippen LogP contribution in [0.3, 0.4) is 0 Å². The minimum atomic E-state index is 0.535. The van der Waals surface area contributed by atoms with Crippen molar-refractivity contribution in [3.63, 3.8) is 0 Å². The van der Waals surface area contributed by atoms with Crippen LogP contribution in [0.25, 0.3) is 0 Å². The summed E-state index contributed by atoms with van der Waals surface area (Å²) in [5.41, 5.74) is 1.27. The molecule has 0 saturated carbocycles. The van der Waals surface area contributed by atoms with Gasteiger partial charge in [-0.05, 0) is 59.9 Å². The Bertz CT molecular complexity index is 452. The van der Waals surface area contributed by atoms with E-state index in [1.54, 1.807) is 7.11 Å². The summed E-state index contributed by atoms with van der Waals surface area (Å²) in [5.74, 6) is 1.53. The molecule has 0 radical (unpaired) electrons. The van der Waals surface area contributed by atoms with Gasteiger partial charge in [0.05, 0.1) is 11.6 Å². The van der Waals surface area contributed by atoms with Crippen LogP contribution >= 0.6 is 15.9 Å². The van der Waals surface area contributed by atoms with E-state index >= 15 is 0 Å². The quantitative estimate of drug-likeness (QED) is 0.904. The van der Waals surface area contributed by atoms with Crippen LogP contribution < -0.4 is 15.0 Å². The summed E-state index contributed by atoms with van der Waals surface area (Å²) in [6.07, 6.45) is 1.20. The summed E-state index contributed by atoms with van der Waals surface area (Å²) >= 11 is 3.58. The first kappa shape index (κ1) is 15.6. The predicted octanol–water partition coefficient (Wildman–Crippen LogP) is 3.67. The maximum atomic E-state index is 5.31. The van der Waals surface area contributed by atoms with Crippen LogP contribution in [-0.4, -0.2) is 32.3 Å². The molecule has 1 fully saturated rings. The fraction of sp³-hybridized carbons (Fsp3) is 0.625. The summed E-state index contributed by atoms with van der Waals surface area (Å²) in [7, 11) is 1.70. The number of ether oxygens (including phenoxy) is 1. The third-order valence-corrected chi connectivity index (χ3v) is 5.12. The molecule has 20 heavy (non-hydrogen) atoms. The van der Waals surface area contributed by atoms with Crippen molar-refractivity contribution in [2.75, 3.05) is 25.1 Å². The number of hydrogen-bond donors (Lipinski definition) is 1. The van der Waals surface area contributed by atoms with Crippen LogP contribution in [-0.2, 0) is 0 Å². The van der Waals surface area contributed by atoms with Crippen LogP contribution in [0.1, 0.15) is 27.2 Å². The van der Waals surface area contributed by atoms with E-state index in [4.69, 9.17) is 4.74 Å². The van der Waals surface area contributed by atoms with E-state index in [1.807, 2.05) is 6.07 Å². The third kappa shape index (κ3) is 3.12. The van der Waals surface area contributed by atoms with Crippen molar-refractivity contribution in [2.24, 2.45) is 5.92 Å². The molecule has 1 aromatic rings. The predicted molar refractivity (Wildman–Crippen MR) is 88.7 cm³/mol. The molecule has 1 N–H and O–H groups in total. The zero-order valence-electron chi connectivity index (χ0n) is 12.8. The molecule has 1 saturated heterocycles. The lowest BCUT2D eigenvalue weighted by molar-refractivity contribution is 0.274. The van der Waals surface area contributed by atoms with Gasteiger partial charge in [0.2, 0.25) is 0 Å². The average molecular weight is 341 g/mol. The molecule has 1 heterocycles. The van der Waals surface area contributed by atoms with Crippen LogP contribution in [0, 0.1) is 5.92 Å². The number of benzene rings is 1. The fourth-order valence-electron chi connectivity index (χ4n) is 3.11. The zero-order valence-corrected chi connectivity index (χ0v) is 14.4. The summed E-state index contributed by atoms with van der Waals surface area (Å²) in [4.78, 5) is 2.50. The van der Waals surface area contributed by atoms with E-state index < -0.39 is 0 Å². The Morgan fingerprint density at radius 3 is 2.75 bits per heavy atom. The van der Waals surface area contributed by atoms with E-state index in [0.29, 0.717) is 18.0 Å². The maximum Gasteiger partial charge on any atom is 0.133 e. The molecule has 0 aromatic heterocycles. The van der Waals surface area contributed by atoms with Crippen LogP contribution in [0.4, 0.5) is 5.69 Å². The highest BCUT2D eigenvalue weighted by Crippen LogP contribution is 2.34. The molecular weight excluding hydrogens is 316 g/mol. The molecule has 3 nitrogen and oxygen atoms in total. The van der Waals surface area contributed by atoms with Gasteiger partial charge in [0.15, 0.2) is 0 Å². The normalized spacial score (nSPS) is 26.6. The van der Waals surface area contributed by atoms with Crippen LogP contribution in [0.2, 0.25) is 0 Å². The highest BCUT2D eigenvalue weighted by molar-refractivity contribution is 9.10. The van der Waals surface area contributed by atoms with Crippen LogP contribution in [0.15, 0.2) is 22.7 Å². The number of nitrogens with one attached hydrogen (secondary N) is 1. The first-order chi connectivity index (χ1) is 9.58. The Kier molecular flexibility index (Phi) is 5.33. The van der Waals surface area contributed by atoms with E-state index in [2.05, 4.69) is 59.1 Å². The second-order valence-electron chi connectivity index (χ2n) is 5.56. The van der Waals surface area contributed by atoms with E-state index in [0.717, 1.165) is 23.3 Å². The molecule has 3 unspecified atom stereocenters. The molecule has 0 bridgehead atoms. The minimum Gasteiger partial charge on any atom is -0.496 e. The van der Waals surface area contributed by atoms with Crippen molar-refractivity contribution in [3.8, 4) is 5.75 Å². The highest BCUT2D eigenvalue weighted by atomic mass is 79.9. The van der Waals surface area contributed by atoms with Gasteiger partial charge in [0.1, 0.15) is 5.75 Å². The van der Waals surface area contributed by atoms with Crippen molar-refractivity contribution in [2.45, 2.75) is 39.3 Å². The van der Waals surface area contributed by atoms with E-state index in [-0.39, 0.29) is 0 Å². The van der Waals surface area contributed by atoms with Crippen LogP contribution in [0.5, 0.6) is 5.75 Å². The third-order valence-electron chi connectivity index (χ3n) is 4.50. The summed E-state index contributed by atoms with van der Waals surface area (Å²) in [6, 6.07) is 7.52. The molecule has 3 atom stereocenters. The SMILES string of the molecule is CCNC1CCN(c2ccc(OC)c(Br)c2)C(C)C1C. The van der Waals surface area contributed by atoms with Crippen molar-refractivity contribution < 1.29 is 4.74 Å². The minimum absolute atomic E-state index is 0.535. The van der Waals surface area contributed by atoms with Gasteiger partial charge in [-0.25, -0.2) is 0 Å². The number of hydrogen-bond acceptors (Lipinski definition) is 3. The lowest BCUT2D eigenvalue weighted by Crippen LogP contribution is -2.53. The maximum absolute atomic E-state index is 5.31. The van der Waals surface area contributed by atoms with Gasteiger partial charge in [0.25, 0.3) is 0 Å². The molecule has 0 aliphatic carbocycles. The van der Waals surface area contributed by atoms with Crippen molar-refractivity contribution in [1.82, 2.24) is 5.32 Å². The van der Waals surface area contributed by atoms with Gasteiger partial charge < -0.3 is 15.0 Å². The highest BCUT2D eigenvalue weighted by Gasteiger charge is 2.32. The first-order valence-electron chi connectivity index (χ1n) is 7.42. The lowest BCUT2D eigenvalue weighted by atomic mass is 9.86. The Morgan fingerprint density at radius 2 is 2.15 bits per heavy atom. The number of anilines is 1. The zero-order chi connectivity index (χ0) is 14.7. The largest absolute Gasteiger partial charge is 0.496 e. The van der Waals surface area contributed by atoms with Gasteiger partial charge in [-0.3, -0.25) is 0 Å². The van der Waals surface area contributed by atoms with Gasteiger partial charge in [-0.2, -0.15) is 0 Å². The standard InChI is InChI=1S/C16H25BrN2O/c1-5-18-15-8-9-19(12(3)11(15)2)13-6-7-16(20-4)14(17)10-13/h6-7,10-12,15,18H,5,8-9H2,1-4H3. The molecule has 112 valence electrons. The van der Waals surface area contributed by atoms with Gasteiger partial charge in [0, 0.05) is 24.3 Å². The second-order valence-corrected chi connectivity index (χ2v) is 6.42. The molecule has 1 aliphatic rings. The number of nitrogens with zero attached hydrogens (tertiary/aromatic N) is 1. The molecule has 0 amide bonds. The summed E-state index contributed by atoms with van der Waals surface area (Å²) in [6.45, 7) is 9.01. The van der Waals surface area contributed by atoms with Gasteiger partial charge in [-0.15, -0.1) is 0 Å².